The van der Waals surface area contributed by atoms with Gasteiger partial charge in [0.15, 0.2) is 11.5 Å². The van der Waals surface area contributed by atoms with Crippen LogP contribution in [0.5, 0.6) is 23.0 Å². The quantitative estimate of drug-likeness (QED) is 0.496. The van der Waals surface area contributed by atoms with Crippen LogP contribution in [0.4, 0.5) is 5.69 Å². The van der Waals surface area contributed by atoms with Crippen LogP contribution < -0.4 is 19.5 Å². The summed E-state index contributed by atoms with van der Waals surface area (Å²) in [6.45, 7) is 1.68. The molecule has 5 rings (SSSR count). The lowest BCUT2D eigenvalue weighted by molar-refractivity contribution is -0.114. The molecule has 8 nitrogen and oxygen atoms in total. The minimum Gasteiger partial charge on any atom is -0.457 e. The first kappa shape index (κ1) is 18.7. The summed E-state index contributed by atoms with van der Waals surface area (Å²) in [4.78, 5) is 15.6. The summed E-state index contributed by atoms with van der Waals surface area (Å²) >= 11 is 0. The van der Waals surface area contributed by atoms with Crippen molar-refractivity contribution in [1.82, 2.24) is 10.1 Å². The van der Waals surface area contributed by atoms with Gasteiger partial charge in [0.25, 0.3) is 5.89 Å². The van der Waals surface area contributed by atoms with Crippen LogP contribution in [0, 0.1) is 0 Å². The topological polar surface area (TPSA) is 95.7 Å². The normalized spacial score (nSPS) is 11.9. The molecule has 1 aliphatic heterocycles. The van der Waals surface area contributed by atoms with Crippen LogP contribution in [0.25, 0.3) is 22.8 Å². The molecule has 1 N–H and O–H groups in total. The maximum absolute atomic E-state index is 11.1. The first-order chi connectivity index (χ1) is 15.1. The standard InChI is InChI=1S/C23H17N3O5/c1-14(27)24-17-5-9-19(10-6-17)30-18-7-2-15(3-8-18)22-25-23(31-26-22)16-4-11-20-21(12-16)29-13-28-20/h2-12H,13H2,1H3,(H,24,27). The molecule has 1 aliphatic rings. The fourth-order valence-electron chi connectivity index (χ4n) is 3.11. The molecule has 0 unspecified atom stereocenters. The van der Waals surface area contributed by atoms with E-state index in [-0.39, 0.29) is 12.7 Å². The SMILES string of the molecule is CC(=O)Nc1ccc(Oc2ccc(-c3noc(-c4ccc5c(c4)OCO5)n3)cc2)cc1. The van der Waals surface area contributed by atoms with Gasteiger partial charge in [-0.05, 0) is 66.7 Å². The van der Waals surface area contributed by atoms with Crippen molar-refractivity contribution in [3.63, 3.8) is 0 Å². The van der Waals surface area contributed by atoms with Gasteiger partial charge in [-0.3, -0.25) is 4.79 Å². The molecule has 0 radical (unpaired) electrons. The lowest BCUT2D eigenvalue weighted by atomic mass is 10.2. The Hall–Kier alpha value is -4.33. The summed E-state index contributed by atoms with van der Waals surface area (Å²) in [7, 11) is 0. The van der Waals surface area contributed by atoms with E-state index >= 15 is 0 Å². The van der Waals surface area contributed by atoms with Crippen molar-refractivity contribution < 1.29 is 23.5 Å². The minimum atomic E-state index is -0.118. The minimum absolute atomic E-state index is 0.118. The third kappa shape index (κ3) is 4.04. The Balaban J connectivity index is 1.29. The molecule has 0 aliphatic carbocycles. The maximum Gasteiger partial charge on any atom is 0.258 e. The maximum atomic E-state index is 11.1. The lowest BCUT2D eigenvalue weighted by Crippen LogP contribution is -2.05. The first-order valence-electron chi connectivity index (χ1n) is 9.54. The zero-order valence-corrected chi connectivity index (χ0v) is 16.5. The van der Waals surface area contributed by atoms with Crippen molar-refractivity contribution in [3.8, 4) is 45.8 Å². The van der Waals surface area contributed by atoms with Crippen LogP contribution in [-0.4, -0.2) is 22.8 Å². The summed E-state index contributed by atoms with van der Waals surface area (Å²) in [5, 5.41) is 6.79. The Morgan fingerprint density at radius 3 is 2.32 bits per heavy atom. The van der Waals surface area contributed by atoms with Crippen LogP contribution in [0.3, 0.4) is 0 Å². The van der Waals surface area contributed by atoms with Gasteiger partial charge >= 0.3 is 0 Å². The smallest absolute Gasteiger partial charge is 0.258 e. The van der Waals surface area contributed by atoms with Gasteiger partial charge < -0.3 is 24.1 Å². The number of hydrogen-bond acceptors (Lipinski definition) is 7. The third-order valence-electron chi connectivity index (χ3n) is 4.57. The lowest BCUT2D eigenvalue weighted by Gasteiger charge is -2.07. The van der Waals surface area contributed by atoms with Crippen LogP contribution in [0.2, 0.25) is 0 Å². The number of carbonyl (C=O) groups is 1. The van der Waals surface area contributed by atoms with Gasteiger partial charge in [-0.2, -0.15) is 4.98 Å². The number of amides is 1. The number of rotatable bonds is 5. The number of fused-ring (bicyclic) bond motifs is 1. The molecular formula is C23H17N3O5. The second-order valence-electron chi connectivity index (χ2n) is 6.82. The highest BCUT2D eigenvalue weighted by atomic mass is 16.7. The molecule has 0 saturated heterocycles. The summed E-state index contributed by atoms with van der Waals surface area (Å²) in [6, 6.07) is 20.0. The van der Waals surface area contributed by atoms with Gasteiger partial charge in [0.2, 0.25) is 18.5 Å². The van der Waals surface area contributed by atoms with Crippen molar-refractivity contribution in [3.05, 3.63) is 66.7 Å². The largest absolute Gasteiger partial charge is 0.457 e. The first-order valence-corrected chi connectivity index (χ1v) is 9.54. The molecule has 0 bridgehead atoms. The summed E-state index contributed by atoms with van der Waals surface area (Å²) in [6.07, 6.45) is 0. The Morgan fingerprint density at radius 2 is 1.58 bits per heavy atom. The second-order valence-corrected chi connectivity index (χ2v) is 6.82. The molecule has 1 amide bonds. The van der Waals surface area contributed by atoms with Crippen LogP contribution >= 0.6 is 0 Å². The van der Waals surface area contributed by atoms with E-state index in [1.54, 1.807) is 24.3 Å². The Labute approximate surface area is 177 Å². The predicted octanol–water partition coefficient (Wildman–Crippen LogP) is 4.88. The number of benzene rings is 3. The van der Waals surface area contributed by atoms with Crippen LogP contribution in [0.15, 0.2) is 71.3 Å². The molecule has 8 heteroatoms. The van der Waals surface area contributed by atoms with Crippen molar-refractivity contribution >= 4 is 11.6 Å². The number of anilines is 1. The molecule has 3 aromatic carbocycles. The number of nitrogens with zero attached hydrogens (tertiary/aromatic N) is 2. The number of nitrogens with one attached hydrogen (secondary N) is 1. The summed E-state index contributed by atoms with van der Waals surface area (Å²) in [5.74, 6) is 3.42. The monoisotopic (exact) mass is 415 g/mol. The van der Waals surface area contributed by atoms with E-state index < -0.39 is 0 Å². The third-order valence-corrected chi connectivity index (χ3v) is 4.57. The molecule has 0 fully saturated rings. The molecule has 2 heterocycles. The molecule has 154 valence electrons. The highest BCUT2D eigenvalue weighted by Crippen LogP contribution is 2.36. The Kier molecular flexibility index (Phi) is 4.72. The highest BCUT2D eigenvalue weighted by molar-refractivity contribution is 5.88. The predicted molar refractivity (Wildman–Crippen MR) is 112 cm³/mol. The fraction of sp³-hybridized carbons (Fsp3) is 0.0870. The molecule has 0 atom stereocenters. The Bertz CT molecular complexity index is 1230. The zero-order valence-electron chi connectivity index (χ0n) is 16.5. The molecular weight excluding hydrogens is 398 g/mol. The fourth-order valence-corrected chi connectivity index (χ4v) is 3.11. The van der Waals surface area contributed by atoms with Crippen LogP contribution in [0.1, 0.15) is 6.92 Å². The number of aromatic nitrogens is 2. The molecule has 31 heavy (non-hydrogen) atoms. The van der Waals surface area contributed by atoms with Crippen molar-refractivity contribution in [2.45, 2.75) is 6.92 Å². The van der Waals surface area contributed by atoms with Crippen molar-refractivity contribution in [2.24, 2.45) is 0 Å². The van der Waals surface area contributed by atoms with E-state index in [4.69, 9.17) is 18.7 Å². The molecule has 1 aromatic heterocycles. The van der Waals surface area contributed by atoms with Gasteiger partial charge in [-0.25, -0.2) is 0 Å². The Morgan fingerprint density at radius 1 is 0.903 bits per heavy atom. The van der Waals surface area contributed by atoms with E-state index in [0.29, 0.717) is 40.4 Å². The summed E-state index contributed by atoms with van der Waals surface area (Å²) < 4.78 is 22.0. The average molecular weight is 415 g/mol. The van der Waals surface area contributed by atoms with Gasteiger partial charge in [0.1, 0.15) is 11.5 Å². The number of carbonyl (C=O) groups excluding carboxylic acids is 1. The number of ether oxygens (including phenoxy) is 3. The van der Waals surface area contributed by atoms with Gasteiger partial charge in [-0.1, -0.05) is 5.16 Å². The highest BCUT2D eigenvalue weighted by Gasteiger charge is 2.17. The van der Waals surface area contributed by atoms with E-state index in [0.717, 1.165) is 11.1 Å². The second kappa shape index (κ2) is 7.83. The average Bonchev–Trinajstić information content (AvgIpc) is 3.44. The zero-order chi connectivity index (χ0) is 21.2. The summed E-state index contributed by atoms with van der Waals surface area (Å²) in [5.41, 5.74) is 2.26. The van der Waals surface area contributed by atoms with Crippen LogP contribution in [-0.2, 0) is 4.79 Å². The van der Waals surface area contributed by atoms with E-state index in [1.807, 2.05) is 42.5 Å². The van der Waals surface area contributed by atoms with Crippen molar-refractivity contribution in [2.75, 3.05) is 12.1 Å². The molecule has 4 aromatic rings. The molecule has 0 spiro atoms. The van der Waals surface area contributed by atoms with E-state index in [9.17, 15) is 4.79 Å². The van der Waals surface area contributed by atoms with Gasteiger partial charge in [0.05, 0.1) is 0 Å². The van der Waals surface area contributed by atoms with E-state index in [1.165, 1.54) is 6.92 Å². The number of hydrogen-bond donors (Lipinski definition) is 1. The van der Waals surface area contributed by atoms with Crippen molar-refractivity contribution in [1.29, 1.82) is 0 Å². The van der Waals surface area contributed by atoms with Gasteiger partial charge in [0, 0.05) is 23.7 Å². The van der Waals surface area contributed by atoms with Gasteiger partial charge in [-0.15, -0.1) is 0 Å². The molecule has 0 saturated carbocycles. The van der Waals surface area contributed by atoms with E-state index in [2.05, 4.69) is 15.5 Å².